The van der Waals surface area contributed by atoms with Crippen LogP contribution in [0, 0.1) is 0 Å². The van der Waals surface area contributed by atoms with Crippen molar-refractivity contribution < 1.29 is 30.0 Å². The molecule has 6 unspecified atom stereocenters. The lowest BCUT2D eigenvalue weighted by atomic mass is 10.0. The van der Waals surface area contributed by atoms with Gasteiger partial charge >= 0.3 is 0 Å². The predicted octanol–water partition coefficient (Wildman–Crippen LogP) is 19.9. The Hall–Kier alpha value is -0.200. The predicted molar refractivity (Wildman–Crippen MR) is 355 cm³/mol. The number of nitrogens with zero attached hydrogens (tertiary/aromatic N) is 2. The molecular weight excluding hydrogens is 1030 g/mol. The molecule has 0 aliphatic heterocycles. The summed E-state index contributed by atoms with van der Waals surface area (Å²) in [6, 6.07) is 0. The van der Waals surface area contributed by atoms with Gasteiger partial charge in [0.25, 0.3) is 0 Å². The van der Waals surface area contributed by atoms with E-state index in [9.17, 15) is 30.0 Å². The number of carbonyl (C=O) groups is 2. The van der Waals surface area contributed by atoms with Crippen molar-refractivity contribution in [2.75, 3.05) is 39.3 Å². The van der Waals surface area contributed by atoms with E-state index in [1.54, 1.807) is 0 Å². The molecule has 0 aromatic carbocycles. The number of aliphatic hydroxyl groups excluding tert-OH is 4. The highest BCUT2D eigenvalue weighted by atomic mass is 32.2. The Bertz CT molecular complexity index is 1120. The Morgan fingerprint density at radius 1 is 0.287 bits per heavy atom. The van der Waals surface area contributed by atoms with Gasteiger partial charge in [-0.1, -0.05) is 322 Å². The Balaban J connectivity index is 4.94. The average molecular weight is 1170 g/mol. The zero-order valence-electron chi connectivity index (χ0n) is 54.4. The Morgan fingerprint density at radius 3 is 0.675 bits per heavy atom. The Kier molecular flexibility index (Phi) is 61.7. The van der Waals surface area contributed by atoms with Crippen molar-refractivity contribution in [2.24, 2.45) is 0 Å². The van der Waals surface area contributed by atoms with Gasteiger partial charge in [-0.05, 0) is 64.5 Å². The zero-order valence-corrected chi connectivity index (χ0v) is 56.0. The lowest BCUT2D eigenvalue weighted by molar-refractivity contribution is -0.112. The first-order valence-corrected chi connectivity index (χ1v) is 37.3. The highest BCUT2D eigenvalue weighted by Crippen LogP contribution is 2.28. The zero-order chi connectivity index (χ0) is 58.8. The summed E-state index contributed by atoms with van der Waals surface area (Å²) in [6.07, 6.45) is 57.2. The smallest absolute Gasteiger partial charge is 0.189 e. The fourth-order valence-corrected chi connectivity index (χ4v) is 13.5. The number of thioether (sulfide) groups is 2. The molecule has 0 heterocycles. The second-order valence-electron chi connectivity index (χ2n) is 25.3. The van der Waals surface area contributed by atoms with Crippen molar-refractivity contribution >= 4 is 33.8 Å². The highest BCUT2D eigenvalue weighted by Gasteiger charge is 2.22. The summed E-state index contributed by atoms with van der Waals surface area (Å²) in [5, 5.41) is 44.9. The summed E-state index contributed by atoms with van der Waals surface area (Å²) in [5.74, 6) is 0. The number of carbonyl (C=O) groups excluding carboxylic acids is 2. The van der Waals surface area contributed by atoms with Crippen molar-refractivity contribution in [3.05, 3.63) is 0 Å². The number of rotatable bonds is 65. The fraction of sp³-hybridized carbons (Fsp3) is 0.971. The number of hydrogen-bond acceptors (Lipinski definition) is 10. The van der Waals surface area contributed by atoms with Crippen LogP contribution in [0.1, 0.15) is 363 Å². The van der Waals surface area contributed by atoms with Crippen LogP contribution >= 0.6 is 23.5 Å². The number of unbranched alkanes of at least 4 members (excludes halogenated alkanes) is 38. The molecule has 0 rings (SSSR count). The van der Waals surface area contributed by atoms with Crippen LogP contribution in [-0.4, -0.2) is 115 Å². The number of hydrogen-bond donors (Lipinski definition) is 4. The van der Waals surface area contributed by atoms with Gasteiger partial charge in [-0.25, -0.2) is 0 Å². The van der Waals surface area contributed by atoms with E-state index in [1.165, 1.54) is 255 Å². The van der Waals surface area contributed by atoms with E-state index in [-0.39, 0.29) is 20.7 Å². The molecule has 0 fully saturated rings. The normalized spacial score (nSPS) is 14.3. The van der Waals surface area contributed by atoms with E-state index in [4.69, 9.17) is 0 Å². The molecule has 0 radical (unpaired) electrons. The molecule has 0 aliphatic rings. The van der Waals surface area contributed by atoms with E-state index in [2.05, 4.69) is 51.3 Å². The molecular formula is C70H140N2O6S2. The summed E-state index contributed by atoms with van der Waals surface area (Å²) in [5.41, 5.74) is 0. The van der Waals surface area contributed by atoms with Gasteiger partial charge in [-0.3, -0.25) is 19.4 Å². The van der Waals surface area contributed by atoms with Gasteiger partial charge < -0.3 is 20.4 Å². The summed E-state index contributed by atoms with van der Waals surface area (Å²) in [6.45, 7) is 17.1. The maximum Gasteiger partial charge on any atom is 0.189 e. The topological polar surface area (TPSA) is 122 Å². The SMILES string of the molecule is CCCCCCCCCCCCC(O)CN(CCCCC(=O)SC(C)C(C)SC(=O)CCCCN(CC(O)CCCCCCCCCCCC)CC(O)CCCCCCCCCCCC)CC(O)CCCCCCCCCCCC. The first kappa shape index (κ1) is 79.8. The highest BCUT2D eigenvalue weighted by molar-refractivity contribution is 8.17. The standard InChI is InChI=1S/C70H140N2O6S2/c1-7-11-15-19-23-27-31-35-39-43-51-65(73)59-71(60-66(74)52-44-40-36-32-28-24-20-16-12-8-2)57-49-47-55-69(77)79-63(5)64(6)80-70(78)56-48-50-58-72(61-67(75)53-45-41-37-33-29-25-21-17-13-9-3)62-68(76)54-46-42-38-34-30-26-22-18-14-10-4/h63-68,73-76H,7-62H2,1-6H3. The van der Waals surface area contributed by atoms with Crippen molar-refractivity contribution in [3.63, 3.8) is 0 Å². The third-order valence-corrected chi connectivity index (χ3v) is 19.6. The lowest BCUT2D eigenvalue weighted by Gasteiger charge is -2.27. The molecule has 0 amide bonds. The van der Waals surface area contributed by atoms with Crippen LogP contribution in [0.2, 0.25) is 0 Å². The first-order chi connectivity index (χ1) is 38.9. The quantitative estimate of drug-likeness (QED) is 0.0438. The number of aliphatic hydroxyl groups is 4. The maximum atomic E-state index is 13.2. The maximum absolute atomic E-state index is 13.2. The van der Waals surface area contributed by atoms with E-state index in [0.29, 0.717) is 39.0 Å². The molecule has 8 nitrogen and oxygen atoms in total. The molecule has 0 aromatic heterocycles. The third kappa shape index (κ3) is 56.9. The molecule has 0 saturated heterocycles. The van der Waals surface area contributed by atoms with Gasteiger partial charge in [0.1, 0.15) is 0 Å². The molecule has 0 aliphatic carbocycles. The van der Waals surface area contributed by atoms with Crippen LogP contribution in [0.3, 0.4) is 0 Å². The molecule has 6 atom stereocenters. The molecule has 0 spiro atoms. The summed E-state index contributed by atoms with van der Waals surface area (Å²) in [7, 11) is 0. The van der Waals surface area contributed by atoms with Crippen LogP contribution in [0.4, 0.5) is 0 Å². The summed E-state index contributed by atoms with van der Waals surface area (Å²) >= 11 is 2.76. The van der Waals surface area contributed by atoms with E-state index < -0.39 is 24.4 Å². The molecule has 0 saturated carbocycles. The van der Waals surface area contributed by atoms with Gasteiger partial charge in [-0.15, -0.1) is 0 Å². The van der Waals surface area contributed by atoms with Crippen molar-refractivity contribution in [1.82, 2.24) is 9.80 Å². The largest absolute Gasteiger partial charge is 0.392 e. The minimum absolute atomic E-state index is 0.0272. The summed E-state index contributed by atoms with van der Waals surface area (Å²) < 4.78 is 0. The second kappa shape index (κ2) is 61.9. The van der Waals surface area contributed by atoms with Gasteiger partial charge in [-0.2, -0.15) is 0 Å². The van der Waals surface area contributed by atoms with E-state index >= 15 is 0 Å². The van der Waals surface area contributed by atoms with Gasteiger partial charge in [0.2, 0.25) is 0 Å². The fourth-order valence-electron chi connectivity index (χ4n) is 11.5. The van der Waals surface area contributed by atoms with Gasteiger partial charge in [0, 0.05) is 49.5 Å². The van der Waals surface area contributed by atoms with Crippen LogP contribution in [0.25, 0.3) is 0 Å². The molecule has 10 heteroatoms. The van der Waals surface area contributed by atoms with Crippen LogP contribution in [-0.2, 0) is 9.59 Å². The molecule has 0 aromatic rings. The van der Waals surface area contributed by atoms with E-state index in [1.807, 2.05) is 0 Å². The van der Waals surface area contributed by atoms with E-state index in [0.717, 1.165) is 90.1 Å². The van der Waals surface area contributed by atoms with Gasteiger partial charge in [0.05, 0.1) is 24.4 Å². The summed E-state index contributed by atoms with van der Waals surface area (Å²) in [4.78, 5) is 31.0. The Morgan fingerprint density at radius 2 is 0.475 bits per heavy atom. The van der Waals surface area contributed by atoms with Crippen LogP contribution < -0.4 is 0 Å². The van der Waals surface area contributed by atoms with Crippen LogP contribution in [0.5, 0.6) is 0 Å². The molecule has 4 N–H and O–H groups in total. The third-order valence-electron chi connectivity index (χ3n) is 16.9. The average Bonchev–Trinajstić information content (AvgIpc) is 3.42. The van der Waals surface area contributed by atoms with Crippen LogP contribution in [0.15, 0.2) is 0 Å². The molecule has 80 heavy (non-hydrogen) atoms. The molecule has 478 valence electrons. The van der Waals surface area contributed by atoms with Crippen molar-refractivity contribution in [2.45, 2.75) is 397 Å². The minimum Gasteiger partial charge on any atom is -0.392 e. The second-order valence-corrected chi connectivity index (χ2v) is 28.2. The first-order valence-electron chi connectivity index (χ1n) is 35.5. The van der Waals surface area contributed by atoms with Crippen molar-refractivity contribution in [3.8, 4) is 0 Å². The lowest BCUT2D eigenvalue weighted by Crippen LogP contribution is -2.38. The molecule has 0 bridgehead atoms. The van der Waals surface area contributed by atoms with Crippen molar-refractivity contribution in [1.29, 1.82) is 0 Å². The minimum atomic E-state index is -0.395. The monoisotopic (exact) mass is 1170 g/mol. The Labute approximate surface area is 507 Å². The van der Waals surface area contributed by atoms with Gasteiger partial charge in [0.15, 0.2) is 10.2 Å².